The molecular weight excluding hydrogens is 679 g/mol. The maximum absolute atomic E-state index is 14.4. The molecule has 52 heavy (non-hydrogen) atoms. The topological polar surface area (TPSA) is 142 Å². The van der Waals surface area contributed by atoms with E-state index in [1.807, 2.05) is 19.9 Å². The highest BCUT2D eigenvalue weighted by atomic mass is 19.1. The first-order valence-electron chi connectivity index (χ1n) is 17.2. The van der Waals surface area contributed by atoms with Crippen LogP contribution in [0, 0.1) is 10.8 Å². The Morgan fingerprint density at radius 1 is 0.519 bits per heavy atom. The summed E-state index contributed by atoms with van der Waals surface area (Å²) < 4.78 is 58.4. The molecule has 2 aliphatic rings. The van der Waals surface area contributed by atoms with Gasteiger partial charge >= 0.3 is 23.9 Å². The number of halogens is 1. The van der Waals surface area contributed by atoms with Crippen molar-refractivity contribution in [1.82, 2.24) is 0 Å². The second kappa shape index (κ2) is 18.2. The monoisotopic (exact) mass is 732 g/mol. The molecule has 2 aromatic rings. The van der Waals surface area contributed by atoms with E-state index in [0.29, 0.717) is 11.1 Å². The first kappa shape index (κ1) is 42.5. The van der Waals surface area contributed by atoms with Gasteiger partial charge in [0.25, 0.3) is 0 Å². The quantitative estimate of drug-likeness (QED) is 0.236. The van der Waals surface area contributed by atoms with E-state index in [9.17, 15) is 23.6 Å². The summed E-state index contributed by atoms with van der Waals surface area (Å²) in [5.41, 5.74) is -0.689. The van der Waals surface area contributed by atoms with E-state index < -0.39 is 83.9 Å². The summed E-state index contributed by atoms with van der Waals surface area (Å²) in [5, 5.41) is 0. The van der Waals surface area contributed by atoms with Gasteiger partial charge in [0.05, 0.1) is 40.3 Å². The highest BCUT2D eigenvalue weighted by Gasteiger charge is 2.51. The fourth-order valence-electron chi connectivity index (χ4n) is 5.46. The van der Waals surface area contributed by atoms with Crippen molar-refractivity contribution in [3.63, 3.8) is 0 Å². The number of carbonyl (C=O) groups is 4. The molecule has 4 rings (SSSR count). The van der Waals surface area contributed by atoms with Crippen LogP contribution in [0.25, 0.3) is 0 Å². The molecule has 10 unspecified atom stereocenters. The minimum Gasteiger partial charge on any atom is -0.456 e. The van der Waals surface area contributed by atoms with Gasteiger partial charge in [-0.15, -0.1) is 0 Å². The van der Waals surface area contributed by atoms with Gasteiger partial charge in [-0.3, -0.25) is 9.59 Å². The lowest BCUT2D eigenvalue weighted by Crippen LogP contribution is -2.59. The Morgan fingerprint density at radius 2 is 0.846 bits per heavy atom. The molecule has 12 nitrogen and oxygen atoms in total. The molecule has 288 valence electrons. The van der Waals surface area contributed by atoms with E-state index in [1.165, 1.54) is 14.2 Å². The van der Waals surface area contributed by atoms with Crippen LogP contribution in [0.1, 0.15) is 83.0 Å². The summed E-state index contributed by atoms with van der Waals surface area (Å²) in [6.07, 6.45) is -8.67. The van der Waals surface area contributed by atoms with E-state index in [1.54, 1.807) is 103 Å². The van der Waals surface area contributed by atoms with Crippen LogP contribution in [0.5, 0.6) is 0 Å². The molecule has 2 saturated heterocycles. The van der Waals surface area contributed by atoms with Crippen molar-refractivity contribution in [3.05, 3.63) is 71.8 Å². The molecule has 2 aromatic carbocycles. The van der Waals surface area contributed by atoms with Gasteiger partial charge in [0.1, 0.15) is 12.2 Å². The van der Waals surface area contributed by atoms with Gasteiger partial charge in [-0.2, -0.15) is 0 Å². The number of ether oxygens (including phenoxy) is 8. The lowest BCUT2D eigenvalue weighted by atomic mass is 9.94. The van der Waals surface area contributed by atoms with Crippen molar-refractivity contribution in [2.75, 3.05) is 14.2 Å². The lowest BCUT2D eigenvalue weighted by molar-refractivity contribution is -0.266. The molecule has 2 fully saturated rings. The zero-order valence-electron chi connectivity index (χ0n) is 31.8. The Bertz CT molecular complexity index is 1360. The molecule has 0 aromatic heterocycles. The summed E-state index contributed by atoms with van der Waals surface area (Å²) in [5.74, 6) is -2.02. The SMILES string of the molecule is COC1C(OC(=O)c2ccccc2)C(C)OC(C)C1OC(=O)C(C)(C)C.COC1C(OC(=O)c2ccccc2)C(C)OC(F)C1OC(=O)C(C)(C)C. The Kier molecular flexibility index (Phi) is 14.9. The Morgan fingerprint density at radius 3 is 1.21 bits per heavy atom. The second-order valence-corrected chi connectivity index (χ2v) is 14.9. The maximum atomic E-state index is 14.4. The average Bonchev–Trinajstić information content (AvgIpc) is 3.09. The molecular formula is C39H53FO12. The summed E-state index contributed by atoms with van der Waals surface area (Å²) in [6.45, 7) is 15.5. The number of alkyl halides is 1. The van der Waals surface area contributed by atoms with Gasteiger partial charge in [0.2, 0.25) is 6.36 Å². The number of methoxy groups -OCH3 is 2. The number of rotatable bonds is 8. The van der Waals surface area contributed by atoms with Gasteiger partial charge in [-0.25, -0.2) is 14.0 Å². The van der Waals surface area contributed by atoms with Gasteiger partial charge in [-0.1, -0.05) is 36.4 Å². The van der Waals surface area contributed by atoms with Crippen LogP contribution >= 0.6 is 0 Å². The minimum absolute atomic E-state index is 0.347. The molecule has 0 aliphatic carbocycles. The predicted octanol–water partition coefficient (Wildman–Crippen LogP) is 5.89. The third-order valence-electron chi connectivity index (χ3n) is 8.48. The third-order valence-corrected chi connectivity index (χ3v) is 8.48. The largest absolute Gasteiger partial charge is 0.456 e. The molecule has 0 saturated carbocycles. The van der Waals surface area contributed by atoms with Crippen LogP contribution in [0.2, 0.25) is 0 Å². The average molecular weight is 733 g/mol. The van der Waals surface area contributed by atoms with Crippen molar-refractivity contribution in [2.24, 2.45) is 10.8 Å². The molecule has 13 heteroatoms. The lowest BCUT2D eigenvalue weighted by Gasteiger charge is -2.43. The van der Waals surface area contributed by atoms with E-state index in [-0.39, 0.29) is 12.1 Å². The summed E-state index contributed by atoms with van der Waals surface area (Å²) in [4.78, 5) is 49.3. The molecule has 0 bridgehead atoms. The molecule has 0 radical (unpaired) electrons. The Hall–Kier alpha value is -3.91. The summed E-state index contributed by atoms with van der Waals surface area (Å²) >= 11 is 0. The summed E-state index contributed by atoms with van der Waals surface area (Å²) in [6, 6.07) is 17.1. The smallest absolute Gasteiger partial charge is 0.338 e. The van der Waals surface area contributed by atoms with Crippen molar-refractivity contribution in [2.45, 2.75) is 124 Å². The van der Waals surface area contributed by atoms with Crippen LogP contribution in [0.15, 0.2) is 60.7 Å². The minimum atomic E-state index is -1.88. The zero-order valence-corrected chi connectivity index (χ0v) is 31.8. The Labute approximate surface area is 305 Å². The first-order valence-corrected chi connectivity index (χ1v) is 17.2. The fraction of sp³-hybridized carbons (Fsp3) is 0.590. The van der Waals surface area contributed by atoms with Crippen LogP contribution < -0.4 is 0 Å². The molecule has 0 N–H and O–H groups in total. The first-order chi connectivity index (χ1) is 24.3. The third kappa shape index (κ3) is 11.0. The molecule has 2 heterocycles. The normalized spacial score (nSPS) is 29.1. The number of esters is 4. The molecule has 0 amide bonds. The van der Waals surface area contributed by atoms with E-state index in [2.05, 4.69) is 0 Å². The van der Waals surface area contributed by atoms with Crippen LogP contribution in [-0.2, 0) is 47.5 Å². The number of hydrogen-bond donors (Lipinski definition) is 0. The molecule has 0 spiro atoms. The standard InChI is InChI=1S/C20H28O6.C19H25FO6/c1-12-15(25-18(21)14-10-8-7-9-11-14)17(23-6)16(13(2)24-12)26-19(22)20(3,4)5;1-11-13(25-17(21)12-9-7-6-8-10-12)14(23-5)15(16(20)24-11)26-18(22)19(2,3)4/h7-13,15-17H,1-6H3;6-11,13-16H,1-5H3. The van der Waals surface area contributed by atoms with Crippen molar-refractivity contribution in [3.8, 4) is 0 Å². The zero-order chi connectivity index (χ0) is 39.0. The van der Waals surface area contributed by atoms with Crippen molar-refractivity contribution >= 4 is 23.9 Å². The van der Waals surface area contributed by atoms with Crippen LogP contribution in [0.3, 0.4) is 0 Å². The van der Waals surface area contributed by atoms with Crippen molar-refractivity contribution in [1.29, 1.82) is 0 Å². The molecule has 2 aliphatic heterocycles. The van der Waals surface area contributed by atoms with Crippen molar-refractivity contribution < 1.29 is 61.5 Å². The maximum Gasteiger partial charge on any atom is 0.338 e. The fourth-order valence-corrected chi connectivity index (χ4v) is 5.46. The van der Waals surface area contributed by atoms with E-state index in [0.717, 1.165) is 0 Å². The number of benzene rings is 2. The highest BCUT2D eigenvalue weighted by Crippen LogP contribution is 2.32. The predicted molar refractivity (Wildman–Crippen MR) is 187 cm³/mol. The second-order valence-electron chi connectivity index (χ2n) is 14.9. The number of hydrogen-bond acceptors (Lipinski definition) is 12. The van der Waals surface area contributed by atoms with Gasteiger partial charge < -0.3 is 37.9 Å². The van der Waals surface area contributed by atoms with Gasteiger partial charge in [-0.05, 0) is 86.6 Å². The highest BCUT2D eigenvalue weighted by molar-refractivity contribution is 5.90. The summed E-state index contributed by atoms with van der Waals surface area (Å²) in [7, 11) is 2.85. The van der Waals surface area contributed by atoms with E-state index in [4.69, 9.17) is 37.9 Å². The van der Waals surface area contributed by atoms with E-state index >= 15 is 0 Å². The number of carbonyl (C=O) groups excluding carboxylic acids is 4. The van der Waals surface area contributed by atoms with Crippen LogP contribution in [-0.4, -0.2) is 99.4 Å². The van der Waals surface area contributed by atoms with Gasteiger partial charge in [0, 0.05) is 14.2 Å². The van der Waals surface area contributed by atoms with Crippen LogP contribution in [0.4, 0.5) is 4.39 Å². The molecule has 10 atom stereocenters. The Balaban J connectivity index is 0.000000280. The van der Waals surface area contributed by atoms with Gasteiger partial charge in [0.15, 0.2) is 24.4 Å².